The summed E-state index contributed by atoms with van der Waals surface area (Å²) in [4.78, 5) is 42.9. The Balaban J connectivity index is 1.54. The Kier molecular flexibility index (Phi) is 6.12. The van der Waals surface area contributed by atoms with E-state index in [9.17, 15) is 40.7 Å². The zero-order chi connectivity index (χ0) is 26.9. The first-order chi connectivity index (χ1) is 17.3. The highest BCUT2D eigenvalue weighted by molar-refractivity contribution is 6.39. The number of Topliss-reactive ketones (excluding diaryl/α,β-unsaturated/α-hetero) is 1. The molecule has 0 spiro atoms. The lowest BCUT2D eigenvalue weighted by molar-refractivity contribution is -0.174. The smallest absolute Gasteiger partial charge is 0.370 e. The second kappa shape index (κ2) is 8.71. The van der Waals surface area contributed by atoms with Crippen LogP contribution >= 0.6 is 0 Å². The lowest BCUT2D eigenvalue weighted by atomic mass is 9.78. The van der Waals surface area contributed by atoms with Gasteiger partial charge in [0.25, 0.3) is 11.7 Å². The van der Waals surface area contributed by atoms with Crippen molar-refractivity contribution < 1.29 is 45.5 Å². The van der Waals surface area contributed by atoms with E-state index in [4.69, 9.17) is 4.74 Å². The number of ketones is 1. The van der Waals surface area contributed by atoms with Crippen LogP contribution in [0.25, 0.3) is 0 Å². The maximum Gasteiger partial charge on any atom is 0.416 e. The van der Waals surface area contributed by atoms with E-state index < -0.39 is 71.3 Å². The van der Waals surface area contributed by atoms with Crippen LogP contribution in [0.15, 0.2) is 12.1 Å². The summed E-state index contributed by atoms with van der Waals surface area (Å²) in [5.74, 6) is -2.20. The number of amides is 2. The first-order valence-electron chi connectivity index (χ1n) is 12.3. The molecule has 5 rings (SSSR count). The number of halogens is 6. The van der Waals surface area contributed by atoms with Crippen molar-refractivity contribution in [3.8, 4) is 0 Å². The molecule has 1 aromatic carbocycles. The van der Waals surface area contributed by atoms with Crippen molar-refractivity contribution in [1.82, 2.24) is 9.80 Å². The molecule has 3 fully saturated rings. The molecule has 1 aliphatic carbocycles. The number of methoxy groups -OCH3 is 1. The SMILES string of the molecule is COC1(C(=O)C(=O)N2C3CCC[C@H]2[C@@H]2Cc4cc(C(F)(F)F)cc(C(F)(F)F)c4CN2C3=O)CCCC1. The number of hydrogen-bond donors (Lipinski definition) is 0. The highest BCUT2D eigenvalue weighted by atomic mass is 19.4. The van der Waals surface area contributed by atoms with Crippen molar-refractivity contribution in [1.29, 1.82) is 0 Å². The molecule has 3 heterocycles. The number of piperazine rings is 1. The van der Waals surface area contributed by atoms with E-state index in [2.05, 4.69) is 0 Å². The number of piperidine rings is 1. The summed E-state index contributed by atoms with van der Waals surface area (Å²) in [5.41, 5.74) is -4.60. The Hall–Kier alpha value is -2.63. The van der Waals surface area contributed by atoms with Gasteiger partial charge in [-0.3, -0.25) is 14.4 Å². The van der Waals surface area contributed by atoms with Crippen molar-refractivity contribution >= 4 is 17.6 Å². The third-order valence-electron chi connectivity index (χ3n) is 8.46. The fourth-order valence-corrected chi connectivity index (χ4v) is 6.64. The minimum Gasteiger partial charge on any atom is -0.370 e. The number of carbonyl (C=O) groups is 3. The monoisotopic (exact) mass is 532 g/mol. The molecular formula is C25H26F6N2O4. The second-order valence-electron chi connectivity index (χ2n) is 10.4. The quantitative estimate of drug-likeness (QED) is 0.431. The molecule has 3 aliphatic heterocycles. The van der Waals surface area contributed by atoms with Gasteiger partial charge in [0.2, 0.25) is 5.91 Å². The van der Waals surface area contributed by atoms with Crippen molar-refractivity contribution in [2.75, 3.05) is 7.11 Å². The maximum atomic E-state index is 13.8. The average molecular weight is 532 g/mol. The van der Waals surface area contributed by atoms with Gasteiger partial charge in [0.1, 0.15) is 11.6 Å². The van der Waals surface area contributed by atoms with E-state index in [0.29, 0.717) is 44.6 Å². The molecule has 6 nitrogen and oxygen atoms in total. The van der Waals surface area contributed by atoms with Crippen LogP contribution in [0.4, 0.5) is 26.3 Å². The van der Waals surface area contributed by atoms with Gasteiger partial charge in [0.15, 0.2) is 0 Å². The van der Waals surface area contributed by atoms with E-state index in [1.54, 1.807) is 0 Å². The molecule has 0 radical (unpaired) electrons. The van der Waals surface area contributed by atoms with Crippen molar-refractivity contribution in [3.63, 3.8) is 0 Å². The standard InChI is InChI=1S/C25H26F6N2O4/c1-37-23(7-2-3-8-23)20(34)22(36)33-17-5-4-6-18(33)21(35)32-12-15-13(10-19(17)32)9-14(24(26,27)28)11-16(15)25(29,30)31/h9,11,17-19H,2-8,10,12H2,1H3/t17-,18?,19-/m0/s1. The number of rotatable bonds is 3. The van der Waals surface area contributed by atoms with Crippen LogP contribution in [0.1, 0.15) is 67.2 Å². The molecule has 12 heteroatoms. The minimum absolute atomic E-state index is 0.0920. The van der Waals surface area contributed by atoms with Crippen molar-refractivity contribution in [2.24, 2.45) is 0 Å². The molecule has 1 unspecified atom stereocenters. The van der Waals surface area contributed by atoms with E-state index in [0.717, 1.165) is 0 Å². The molecule has 37 heavy (non-hydrogen) atoms. The topological polar surface area (TPSA) is 66.9 Å². The summed E-state index contributed by atoms with van der Waals surface area (Å²) in [6, 6.07) is -1.74. The average Bonchev–Trinajstić information content (AvgIpc) is 3.34. The Morgan fingerprint density at radius 3 is 2.24 bits per heavy atom. The fraction of sp³-hybridized carbons (Fsp3) is 0.640. The van der Waals surface area contributed by atoms with Gasteiger partial charge >= 0.3 is 12.4 Å². The largest absolute Gasteiger partial charge is 0.416 e. The molecule has 3 atom stereocenters. The number of fused-ring (bicyclic) bond motifs is 5. The molecule has 0 aromatic heterocycles. The minimum atomic E-state index is -5.04. The number of carbonyl (C=O) groups excluding carboxylic acids is 3. The third kappa shape index (κ3) is 4.11. The number of nitrogens with zero attached hydrogens (tertiary/aromatic N) is 2. The molecular weight excluding hydrogens is 506 g/mol. The van der Waals surface area contributed by atoms with E-state index in [1.165, 1.54) is 16.9 Å². The van der Waals surface area contributed by atoms with E-state index >= 15 is 0 Å². The summed E-state index contributed by atoms with van der Waals surface area (Å²) < 4.78 is 87.2. The Labute approximate surface area is 208 Å². The van der Waals surface area contributed by atoms with Crippen LogP contribution < -0.4 is 0 Å². The number of hydrogen-bond acceptors (Lipinski definition) is 4. The van der Waals surface area contributed by atoms with Crippen LogP contribution in [0.2, 0.25) is 0 Å². The molecule has 4 aliphatic rings. The third-order valence-corrected chi connectivity index (χ3v) is 8.46. The summed E-state index contributed by atoms with van der Waals surface area (Å²) >= 11 is 0. The lowest BCUT2D eigenvalue weighted by Crippen LogP contribution is -2.72. The van der Waals surface area contributed by atoms with Crippen LogP contribution in [0.5, 0.6) is 0 Å². The number of alkyl halides is 6. The molecule has 1 aromatic rings. The first-order valence-corrected chi connectivity index (χ1v) is 12.3. The Bertz CT molecular complexity index is 1140. The zero-order valence-corrected chi connectivity index (χ0v) is 20.0. The summed E-state index contributed by atoms with van der Waals surface area (Å²) in [6.07, 6.45) is -6.99. The van der Waals surface area contributed by atoms with Gasteiger partial charge in [-0.2, -0.15) is 26.3 Å². The van der Waals surface area contributed by atoms with Gasteiger partial charge in [-0.05, 0) is 74.6 Å². The van der Waals surface area contributed by atoms with Crippen LogP contribution in [-0.4, -0.2) is 58.2 Å². The Morgan fingerprint density at radius 1 is 0.973 bits per heavy atom. The lowest BCUT2D eigenvalue weighted by Gasteiger charge is -2.55. The molecule has 2 bridgehead atoms. The zero-order valence-electron chi connectivity index (χ0n) is 20.0. The van der Waals surface area contributed by atoms with Gasteiger partial charge in [0, 0.05) is 13.7 Å². The summed E-state index contributed by atoms with van der Waals surface area (Å²) in [7, 11) is 1.36. The molecule has 2 amide bonds. The van der Waals surface area contributed by atoms with Gasteiger partial charge < -0.3 is 14.5 Å². The van der Waals surface area contributed by atoms with Crippen LogP contribution in [0.3, 0.4) is 0 Å². The second-order valence-corrected chi connectivity index (χ2v) is 10.4. The summed E-state index contributed by atoms with van der Waals surface area (Å²) in [6.45, 7) is -0.503. The molecule has 1 saturated carbocycles. The number of benzene rings is 1. The predicted molar refractivity (Wildman–Crippen MR) is 116 cm³/mol. The van der Waals surface area contributed by atoms with E-state index in [1.807, 2.05) is 0 Å². The Morgan fingerprint density at radius 2 is 1.65 bits per heavy atom. The first kappa shape index (κ1) is 26.0. The molecule has 2 saturated heterocycles. The molecule has 202 valence electrons. The summed E-state index contributed by atoms with van der Waals surface area (Å²) in [5, 5.41) is 0. The predicted octanol–water partition coefficient (Wildman–Crippen LogP) is 4.27. The van der Waals surface area contributed by atoms with Gasteiger partial charge in [-0.15, -0.1) is 0 Å². The van der Waals surface area contributed by atoms with Gasteiger partial charge in [0.05, 0.1) is 23.2 Å². The highest BCUT2D eigenvalue weighted by Gasteiger charge is 2.56. The highest BCUT2D eigenvalue weighted by Crippen LogP contribution is 2.45. The van der Waals surface area contributed by atoms with Crippen molar-refractivity contribution in [2.45, 2.75) is 94.0 Å². The maximum absolute atomic E-state index is 13.8. The van der Waals surface area contributed by atoms with Gasteiger partial charge in [-0.25, -0.2) is 0 Å². The van der Waals surface area contributed by atoms with E-state index in [-0.39, 0.29) is 30.0 Å². The van der Waals surface area contributed by atoms with Crippen LogP contribution in [0, 0.1) is 0 Å². The van der Waals surface area contributed by atoms with Crippen LogP contribution in [-0.2, 0) is 44.4 Å². The number of ether oxygens (including phenoxy) is 1. The molecule has 0 N–H and O–H groups in total. The fourth-order valence-electron chi connectivity index (χ4n) is 6.64. The van der Waals surface area contributed by atoms with Gasteiger partial charge in [-0.1, -0.05) is 0 Å². The normalized spacial score (nSPS) is 27.1. The van der Waals surface area contributed by atoms with Crippen molar-refractivity contribution in [3.05, 3.63) is 34.4 Å².